The summed E-state index contributed by atoms with van der Waals surface area (Å²) in [6, 6.07) is 30.6. The zero-order chi connectivity index (χ0) is 32.0. The lowest BCUT2D eigenvalue weighted by molar-refractivity contribution is -0.148. The average Bonchev–Trinajstić information content (AvgIpc) is 3.72. The molecule has 0 aliphatic carbocycles. The highest BCUT2D eigenvalue weighted by atomic mass is 16.4. The third kappa shape index (κ3) is 4.83. The van der Waals surface area contributed by atoms with Crippen molar-refractivity contribution in [3.05, 3.63) is 137 Å². The number of imide groups is 1. The lowest BCUT2D eigenvalue weighted by atomic mass is 9.76. The van der Waals surface area contributed by atoms with Crippen molar-refractivity contribution < 1.29 is 24.3 Å². The van der Waals surface area contributed by atoms with Gasteiger partial charge in [-0.3, -0.25) is 24.5 Å². The molecule has 2 amide bonds. The maximum absolute atomic E-state index is 14.3. The predicted octanol–water partition coefficient (Wildman–Crippen LogP) is 6.06. The van der Waals surface area contributed by atoms with Gasteiger partial charge in [-0.2, -0.15) is 0 Å². The molecule has 228 valence electrons. The number of aromatic nitrogens is 1. The van der Waals surface area contributed by atoms with E-state index in [9.17, 15) is 24.3 Å². The lowest BCUT2D eigenvalue weighted by Gasteiger charge is -2.31. The molecule has 2 aliphatic heterocycles. The lowest BCUT2D eigenvalue weighted by Crippen LogP contribution is -2.57. The number of ketones is 1. The van der Waals surface area contributed by atoms with Crippen LogP contribution in [0.25, 0.3) is 23.1 Å². The first kappa shape index (κ1) is 29.1. The fraction of sp³-hybridized carbons (Fsp3) is 0.158. The van der Waals surface area contributed by atoms with Gasteiger partial charge >= 0.3 is 5.97 Å². The summed E-state index contributed by atoms with van der Waals surface area (Å²) in [5.41, 5.74) is 3.27. The summed E-state index contributed by atoms with van der Waals surface area (Å²) in [7, 11) is 0. The van der Waals surface area contributed by atoms with Crippen LogP contribution in [0.2, 0.25) is 0 Å². The van der Waals surface area contributed by atoms with Crippen LogP contribution in [0.4, 0.5) is 5.69 Å². The first-order chi connectivity index (χ1) is 22.3. The summed E-state index contributed by atoms with van der Waals surface area (Å²) in [5.74, 6) is -4.54. The maximum Gasteiger partial charge on any atom is 0.325 e. The predicted molar refractivity (Wildman–Crippen MR) is 176 cm³/mol. The molecule has 5 aromatic rings. The molecule has 3 N–H and O–H groups in total. The van der Waals surface area contributed by atoms with Gasteiger partial charge < -0.3 is 10.1 Å². The van der Waals surface area contributed by atoms with E-state index in [2.05, 4.69) is 10.3 Å². The molecular weight excluding hydrogens is 578 g/mol. The van der Waals surface area contributed by atoms with E-state index >= 15 is 0 Å². The van der Waals surface area contributed by atoms with Crippen molar-refractivity contribution in [3.8, 4) is 0 Å². The number of Topliss-reactive ketones (excluding diaryl/α,β-unsaturated/α-hetero) is 1. The highest BCUT2D eigenvalue weighted by Crippen LogP contribution is 2.51. The molecule has 3 heterocycles. The summed E-state index contributed by atoms with van der Waals surface area (Å²) in [4.78, 5) is 58.1. The third-order valence-corrected chi connectivity index (χ3v) is 9.28. The number of carbonyl (C=O) groups excluding carboxylic acids is 3. The number of carboxylic acid groups (broad SMARTS) is 1. The second-order valence-electron chi connectivity index (χ2n) is 12.0. The van der Waals surface area contributed by atoms with E-state index in [-0.39, 0.29) is 12.2 Å². The Hall–Kier alpha value is -5.60. The Balaban J connectivity index is 1.30. The number of para-hydroxylation sites is 1. The molecule has 0 radical (unpaired) electrons. The number of aromatic amines is 1. The van der Waals surface area contributed by atoms with Crippen LogP contribution in [-0.4, -0.2) is 39.2 Å². The zero-order valence-electron chi connectivity index (χ0n) is 25.0. The van der Waals surface area contributed by atoms with E-state index < -0.39 is 41.2 Å². The number of carbonyl (C=O) groups is 4. The monoisotopic (exact) mass is 609 g/mol. The molecule has 0 spiro atoms. The average molecular weight is 610 g/mol. The van der Waals surface area contributed by atoms with E-state index in [4.69, 9.17) is 0 Å². The van der Waals surface area contributed by atoms with E-state index in [0.29, 0.717) is 16.8 Å². The second kappa shape index (κ2) is 11.4. The van der Waals surface area contributed by atoms with E-state index in [1.165, 1.54) is 6.92 Å². The van der Waals surface area contributed by atoms with Crippen LogP contribution in [0, 0.1) is 11.8 Å². The number of benzene rings is 4. The zero-order valence-corrected chi connectivity index (χ0v) is 25.0. The van der Waals surface area contributed by atoms with Crippen LogP contribution in [0.1, 0.15) is 45.6 Å². The molecule has 4 aromatic carbocycles. The third-order valence-electron chi connectivity index (χ3n) is 9.28. The molecular formula is C38H31N3O5. The first-order valence-corrected chi connectivity index (χ1v) is 15.1. The highest BCUT2D eigenvalue weighted by molar-refractivity contribution is 6.24. The Kier molecular flexibility index (Phi) is 7.22. The number of nitrogens with zero attached hydrogens (tertiary/aromatic N) is 1. The molecule has 7 rings (SSSR count). The van der Waals surface area contributed by atoms with Gasteiger partial charge in [0.15, 0.2) is 5.78 Å². The molecule has 4 atom stereocenters. The Morgan fingerprint density at radius 3 is 2.15 bits per heavy atom. The number of H-pyrrole nitrogens is 1. The van der Waals surface area contributed by atoms with Crippen molar-refractivity contribution in [2.75, 3.05) is 4.90 Å². The van der Waals surface area contributed by atoms with Crippen LogP contribution >= 0.6 is 0 Å². The Morgan fingerprint density at radius 1 is 0.826 bits per heavy atom. The van der Waals surface area contributed by atoms with Gasteiger partial charge in [-0.05, 0) is 59.5 Å². The minimum atomic E-state index is -1.77. The van der Waals surface area contributed by atoms with Gasteiger partial charge in [0, 0.05) is 35.1 Å². The largest absolute Gasteiger partial charge is 0.480 e. The first-order valence-electron chi connectivity index (χ1n) is 15.1. The topological polar surface area (TPSA) is 120 Å². The number of hydrogen-bond donors (Lipinski definition) is 3. The molecule has 1 aromatic heterocycles. The molecule has 46 heavy (non-hydrogen) atoms. The Bertz CT molecular complexity index is 2010. The van der Waals surface area contributed by atoms with Crippen molar-refractivity contribution in [3.63, 3.8) is 0 Å². The van der Waals surface area contributed by atoms with Crippen molar-refractivity contribution in [1.29, 1.82) is 0 Å². The number of carboxylic acids is 1. The van der Waals surface area contributed by atoms with Gasteiger partial charge in [-0.15, -0.1) is 0 Å². The summed E-state index contributed by atoms with van der Waals surface area (Å²) < 4.78 is 0. The van der Waals surface area contributed by atoms with Crippen molar-refractivity contribution in [2.24, 2.45) is 11.8 Å². The molecule has 0 bridgehead atoms. The number of nitrogens with one attached hydrogen (secondary N) is 2. The van der Waals surface area contributed by atoms with Gasteiger partial charge in [0.2, 0.25) is 11.8 Å². The number of anilines is 1. The molecule has 2 fully saturated rings. The fourth-order valence-corrected chi connectivity index (χ4v) is 6.97. The quantitative estimate of drug-likeness (QED) is 0.112. The summed E-state index contributed by atoms with van der Waals surface area (Å²) >= 11 is 0. The van der Waals surface area contributed by atoms with Crippen molar-refractivity contribution in [1.82, 2.24) is 10.3 Å². The molecule has 8 heteroatoms. The normalized spacial score (nSPS) is 22.5. The Labute approximate surface area is 265 Å². The Morgan fingerprint density at radius 2 is 1.48 bits per heavy atom. The van der Waals surface area contributed by atoms with Crippen molar-refractivity contribution in [2.45, 2.75) is 24.9 Å². The minimum Gasteiger partial charge on any atom is -0.480 e. The van der Waals surface area contributed by atoms with Gasteiger partial charge in [0.05, 0.1) is 17.5 Å². The molecule has 8 nitrogen and oxygen atoms in total. The van der Waals surface area contributed by atoms with Crippen LogP contribution in [-0.2, 0) is 20.8 Å². The summed E-state index contributed by atoms with van der Waals surface area (Å²) in [6.07, 6.45) is 5.74. The van der Waals surface area contributed by atoms with Gasteiger partial charge in [0.1, 0.15) is 5.54 Å². The van der Waals surface area contributed by atoms with Crippen LogP contribution in [0.5, 0.6) is 0 Å². The highest BCUT2D eigenvalue weighted by Gasteiger charge is 2.68. The van der Waals surface area contributed by atoms with Gasteiger partial charge in [-0.1, -0.05) is 84.9 Å². The van der Waals surface area contributed by atoms with Crippen LogP contribution < -0.4 is 10.2 Å². The summed E-state index contributed by atoms with van der Waals surface area (Å²) in [5, 5.41) is 15.1. The number of fused-ring (bicyclic) bond motifs is 2. The molecule has 2 aliphatic rings. The SMILES string of the molecule is CC(=O)c1ccc(N2C(=O)C3C(c4ccc(C=Cc5ccccc5)cc4)NC(Cc4c[nH]c5ccccc45)(C(=O)O)C3C2=O)cc1. The number of aliphatic carboxylic acids is 1. The maximum atomic E-state index is 14.3. The van der Waals surface area contributed by atoms with E-state index in [1.807, 2.05) is 91.0 Å². The van der Waals surface area contributed by atoms with Crippen LogP contribution in [0.15, 0.2) is 109 Å². The van der Waals surface area contributed by atoms with E-state index in [0.717, 1.165) is 32.5 Å². The fourth-order valence-electron chi connectivity index (χ4n) is 6.97. The van der Waals surface area contributed by atoms with E-state index in [1.54, 1.807) is 30.5 Å². The molecule has 2 saturated heterocycles. The standard InChI is InChI=1S/C38H31N3O5/c1-23(42)26-17-19-29(20-18-26)41-35(43)32-33(36(41)44)38(37(45)46,21-28-22-39-31-10-6-5-9-30(28)31)40-34(32)27-15-13-25(14-16-27)12-11-24-7-3-2-4-8-24/h2-20,22,32-34,39-40H,21H2,1H3,(H,45,46). The number of amides is 2. The molecule has 4 unspecified atom stereocenters. The van der Waals surface area contributed by atoms with Gasteiger partial charge in [0.25, 0.3) is 0 Å². The smallest absolute Gasteiger partial charge is 0.325 e. The van der Waals surface area contributed by atoms with Crippen molar-refractivity contribution >= 4 is 52.3 Å². The number of rotatable bonds is 8. The van der Waals surface area contributed by atoms with Gasteiger partial charge in [-0.25, -0.2) is 4.90 Å². The second-order valence-corrected chi connectivity index (χ2v) is 12.0. The summed E-state index contributed by atoms with van der Waals surface area (Å²) in [6.45, 7) is 1.44. The molecule has 0 saturated carbocycles. The van der Waals surface area contributed by atoms with Crippen LogP contribution in [0.3, 0.4) is 0 Å². The number of hydrogen-bond acceptors (Lipinski definition) is 5. The minimum absolute atomic E-state index is 0.0158.